The highest BCUT2D eigenvalue weighted by atomic mass is 16.6. The van der Waals surface area contributed by atoms with E-state index in [1.807, 2.05) is 0 Å². The van der Waals surface area contributed by atoms with Crippen LogP contribution in [-0.4, -0.2) is 57.3 Å². The number of nitrogens with zero attached hydrogens (tertiary/aromatic N) is 1. The molecule has 4 rings (SSSR count). The number of amides is 2. The Bertz CT molecular complexity index is 1220. The van der Waals surface area contributed by atoms with E-state index in [-0.39, 0.29) is 39.4 Å². The number of benzene rings is 2. The third-order valence-electron chi connectivity index (χ3n) is 5.31. The second-order valence-corrected chi connectivity index (χ2v) is 8.71. The van der Waals surface area contributed by atoms with Crippen LogP contribution in [0.4, 0.5) is 0 Å². The third-order valence-corrected chi connectivity index (χ3v) is 5.31. The Kier molecular flexibility index (Phi) is 5.03. The van der Waals surface area contributed by atoms with Gasteiger partial charge in [0, 0.05) is 28.3 Å². The number of cyclic esters (lactones) is 2. The van der Waals surface area contributed by atoms with Gasteiger partial charge in [-0.15, -0.1) is 0 Å². The third kappa shape index (κ3) is 3.63. The Labute approximate surface area is 187 Å². The Balaban J connectivity index is 1.87. The zero-order valence-corrected chi connectivity index (χ0v) is 18.0. The van der Waals surface area contributed by atoms with Crippen LogP contribution in [0.25, 0.3) is 10.8 Å². The average molecular weight is 453 g/mol. The molecule has 0 spiro atoms. The Hall–Kier alpha value is -4.08. The van der Waals surface area contributed by atoms with E-state index < -0.39 is 53.8 Å². The van der Waals surface area contributed by atoms with Gasteiger partial charge >= 0.3 is 23.9 Å². The normalized spacial score (nSPS) is 16.0. The lowest BCUT2D eigenvalue weighted by molar-refractivity contribution is -0.160. The van der Waals surface area contributed by atoms with E-state index in [0.29, 0.717) is 4.90 Å². The SMILES string of the molecule is CC(C)(C)OC(=O)[C@H](CCC(=O)O)N1C(=O)c2ccc3c4c(ccc(c24)C1=O)C(=O)OC3=O. The summed E-state index contributed by atoms with van der Waals surface area (Å²) in [6.07, 6.45) is -0.831. The van der Waals surface area contributed by atoms with Crippen molar-refractivity contribution in [2.45, 2.75) is 45.3 Å². The summed E-state index contributed by atoms with van der Waals surface area (Å²) in [5.41, 5.74) is -0.879. The number of carboxylic acid groups (broad SMARTS) is 1. The lowest BCUT2D eigenvalue weighted by Gasteiger charge is -2.34. The van der Waals surface area contributed by atoms with Crippen LogP contribution in [-0.2, 0) is 19.1 Å². The molecule has 2 amide bonds. The summed E-state index contributed by atoms with van der Waals surface area (Å²) in [5.74, 6) is -5.64. The van der Waals surface area contributed by atoms with Gasteiger partial charge in [0.25, 0.3) is 11.8 Å². The lowest BCUT2D eigenvalue weighted by Crippen LogP contribution is -2.52. The van der Waals surface area contributed by atoms with Gasteiger partial charge in [0.15, 0.2) is 0 Å². The number of ether oxygens (including phenoxy) is 2. The van der Waals surface area contributed by atoms with Crippen molar-refractivity contribution in [3.05, 3.63) is 46.5 Å². The molecule has 2 aliphatic heterocycles. The molecule has 0 saturated heterocycles. The number of esters is 3. The molecule has 33 heavy (non-hydrogen) atoms. The summed E-state index contributed by atoms with van der Waals surface area (Å²) in [5, 5.41) is 9.36. The number of aliphatic carboxylic acids is 1. The average Bonchev–Trinajstić information content (AvgIpc) is 2.71. The van der Waals surface area contributed by atoms with E-state index in [0.717, 1.165) is 0 Å². The number of imide groups is 1. The monoisotopic (exact) mass is 453 g/mol. The van der Waals surface area contributed by atoms with Gasteiger partial charge in [-0.2, -0.15) is 0 Å². The van der Waals surface area contributed by atoms with Crippen LogP contribution >= 0.6 is 0 Å². The van der Waals surface area contributed by atoms with E-state index in [4.69, 9.17) is 14.6 Å². The first-order valence-electron chi connectivity index (χ1n) is 10.1. The smallest absolute Gasteiger partial charge is 0.346 e. The number of hydrogen-bond donors (Lipinski definition) is 1. The molecule has 0 unspecified atom stereocenters. The molecule has 0 aromatic heterocycles. The summed E-state index contributed by atoms with van der Waals surface area (Å²) < 4.78 is 10.1. The number of rotatable bonds is 5. The van der Waals surface area contributed by atoms with Crippen molar-refractivity contribution in [1.82, 2.24) is 4.90 Å². The van der Waals surface area contributed by atoms with E-state index in [1.165, 1.54) is 24.3 Å². The molecule has 1 atom stereocenters. The van der Waals surface area contributed by atoms with Gasteiger partial charge in [0.2, 0.25) is 0 Å². The molecule has 2 aromatic rings. The van der Waals surface area contributed by atoms with Crippen LogP contribution in [0.3, 0.4) is 0 Å². The van der Waals surface area contributed by atoms with Crippen LogP contribution in [0.1, 0.15) is 75.0 Å². The van der Waals surface area contributed by atoms with Crippen molar-refractivity contribution in [2.75, 3.05) is 0 Å². The maximum atomic E-state index is 13.4. The van der Waals surface area contributed by atoms with Crippen LogP contribution in [0.5, 0.6) is 0 Å². The van der Waals surface area contributed by atoms with E-state index in [9.17, 15) is 28.8 Å². The Morgan fingerprint density at radius 3 is 1.82 bits per heavy atom. The molecule has 0 radical (unpaired) electrons. The highest BCUT2D eigenvalue weighted by Gasteiger charge is 2.44. The van der Waals surface area contributed by atoms with Crippen LogP contribution in [0.2, 0.25) is 0 Å². The van der Waals surface area contributed by atoms with Gasteiger partial charge in [0.1, 0.15) is 11.6 Å². The minimum absolute atomic E-state index is 0.00316. The van der Waals surface area contributed by atoms with Crippen LogP contribution in [0.15, 0.2) is 24.3 Å². The predicted molar refractivity (Wildman–Crippen MR) is 111 cm³/mol. The zero-order chi connectivity index (χ0) is 24.2. The maximum absolute atomic E-state index is 13.4. The molecule has 170 valence electrons. The standard InChI is InChI=1S/C23H19NO9/c1-23(2,3)33-22(31)14(8-9-15(25)26)24-18(27)10-4-6-12-17-13(21(30)32-20(12)29)7-5-11(16(10)17)19(24)28/h4-7,14H,8-9H2,1-3H3,(H,25,26)/t14-/m0/s1. The van der Waals surface area contributed by atoms with Crippen molar-refractivity contribution in [1.29, 1.82) is 0 Å². The minimum atomic E-state index is -1.48. The molecule has 2 aliphatic rings. The van der Waals surface area contributed by atoms with E-state index in [2.05, 4.69) is 0 Å². The second kappa shape index (κ2) is 7.51. The molecule has 0 fully saturated rings. The highest BCUT2D eigenvalue weighted by Crippen LogP contribution is 2.38. The van der Waals surface area contributed by atoms with Crippen LogP contribution in [0, 0.1) is 0 Å². The van der Waals surface area contributed by atoms with Crippen molar-refractivity contribution < 1.29 is 43.3 Å². The van der Waals surface area contributed by atoms with Crippen molar-refractivity contribution >= 4 is 46.5 Å². The first kappa shape index (κ1) is 22.1. The highest BCUT2D eigenvalue weighted by molar-refractivity contribution is 6.32. The molecular formula is C23H19NO9. The maximum Gasteiger partial charge on any atom is 0.346 e. The molecule has 1 N–H and O–H groups in total. The minimum Gasteiger partial charge on any atom is -0.481 e. The fraction of sp³-hybridized carbons (Fsp3) is 0.304. The quantitative estimate of drug-likeness (QED) is 0.409. The first-order chi connectivity index (χ1) is 15.4. The fourth-order valence-electron chi connectivity index (χ4n) is 4.00. The van der Waals surface area contributed by atoms with Crippen molar-refractivity contribution in [3.8, 4) is 0 Å². The largest absolute Gasteiger partial charge is 0.481 e. The van der Waals surface area contributed by atoms with Gasteiger partial charge in [-0.1, -0.05) is 0 Å². The Morgan fingerprint density at radius 1 is 0.909 bits per heavy atom. The van der Waals surface area contributed by atoms with Crippen molar-refractivity contribution in [3.63, 3.8) is 0 Å². The van der Waals surface area contributed by atoms with E-state index in [1.54, 1.807) is 20.8 Å². The lowest BCUT2D eigenvalue weighted by atomic mass is 9.87. The summed E-state index contributed by atoms with van der Waals surface area (Å²) >= 11 is 0. The zero-order valence-electron chi connectivity index (χ0n) is 18.0. The summed E-state index contributed by atoms with van der Waals surface area (Å²) in [6.45, 7) is 4.81. The molecule has 0 saturated carbocycles. The van der Waals surface area contributed by atoms with Crippen LogP contribution < -0.4 is 0 Å². The molecular weight excluding hydrogens is 434 g/mol. The van der Waals surface area contributed by atoms with Gasteiger partial charge in [-0.25, -0.2) is 14.4 Å². The number of carboxylic acids is 1. The second-order valence-electron chi connectivity index (χ2n) is 8.71. The van der Waals surface area contributed by atoms with E-state index >= 15 is 0 Å². The van der Waals surface area contributed by atoms with Gasteiger partial charge in [-0.3, -0.25) is 19.3 Å². The molecule has 10 nitrogen and oxygen atoms in total. The number of carbonyl (C=O) groups is 6. The van der Waals surface area contributed by atoms with Gasteiger partial charge in [-0.05, 0) is 51.5 Å². The molecule has 0 bridgehead atoms. The molecule has 10 heteroatoms. The Morgan fingerprint density at radius 2 is 1.36 bits per heavy atom. The number of hydrogen-bond acceptors (Lipinski definition) is 8. The molecule has 2 heterocycles. The predicted octanol–water partition coefficient (Wildman–Crippen LogP) is 2.32. The summed E-state index contributed by atoms with van der Waals surface area (Å²) in [6, 6.07) is 3.76. The van der Waals surface area contributed by atoms with Gasteiger partial charge < -0.3 is 14.6 Å². The van der Waals surface area contributed by atoms with Gasteiger partial charge in [0.05, 0.1) is 11.1 Å². The first-order valence-corrected chi connectivity index (χ1v) is 10.1. The summed E-state index contributed by atoms with van der Waals surface area (Å²) in [4.78, 5) is 75.9. The topological polar surface area (TPSA) is 144 Å². The summed E-state index contributed by atoms with van der Waals surface area (Å²) in [7, 11) is 0. The molecule has 0 aliphatic carbocycles. The van der Waals surface area contributed by atoms with Crippen molar-refractivity contribution in [2.24, 2.45) is 0 Å². The number of carbonyl (C=O) groups excluding carboxylic acids is 5. The fourth-order valence-corrected chi connectivity index (χ4v) is 4.00. The molecule has 2 aromatic carbocycles.